The van der Waals surface area contributed by atoms with Gasteiger partial charge in [-0.2, -0.15) is 0 Å². The van der Waals surface area contributed by atoms with Crippen LogP contribution in [0.3, 0.4) is 0 Å². The third-order valence-corrected chi connectivity index (χ3v) is 5.88. The first kappa shape index (κ1) is 23.7. The summed E-state index contributed by atoms with van der Waals surface area (Å²) in [5.41, 5.74) is 4.30. The number of ether oxygens (including phenoxy) is 1. The Hall–Kier alpha value is -2.00. The molecule has 0 amide bonds. The van der Waals surface area contributed by atoms with Gasteiger partial charge in [-0.15, -0.1) is 0 Å². The van der Waals surface area contributed by atoms with E-state index in [1.54, 1.807) is 12.1 Å². The topological polar surface area (TPSA) is 112 Å². The number of hydrogen-bond donors (Lipinski definition) is 4. The van der Waals surface area contributed by atoms with E-state index >= 15 is 0 Å². The summed E-state index contributed by atoms with van der Waals surface area (Å²) in [6.45, 7) is 1.54. The lowest BCUT2D eigenvalue weighted by molar-refractivity contribution is -0.231. The summed E-state index contributed by atoms with van der Waals surface area (Å²) in [6, 6.07) is 13.2. The van der Waals surface area contributed by atoms with Crippen LogP contribution < -0.4 is 0 Å². The molecule has 1 aliphatic rings. The van der Waals surface area contributed by atoms with Crippen molar-refractivity contribution in [1.82, 2.24) is 0 Å². The monoisotopic (exact) mass is 449 g/mol. The van der Waals surface area contributed by atoms with Crippen molar-refractivity contribution in [3.63, 3.8) is 0 Å². The maximum absolute atomic E-state index is 10.4. The molecule has 8 heteroatoms. The lowest BCUT2D eigenvalue weighted by Gasteiger charge is -2.40. The van der Waals surface area contributed by atoms with Gasteiger partial charge in [0.15, 0.2) is 0 Å². The van der Waals surface area contributed by atoms with Gasteiger partial charge in [0.2, 0.25) is 0 Å². The first-order chi connectivity index (χ1) is 14.9. The van der Waals surface area contributed by atoms with E-state index < -0.39 is 37.1 Å². The summed E-state index contributed by atoms with van der Waals surface area (Å²) >= 11 is 6.41. The molecule has 2 aromatic rings. The van der Waals surface area contributed by atoms with E-state index in [0.29, 0.717) is 17.0 Å². The molecule has 0 bridgehead atoms. The molecule has 168 valence electrons. The standard InChI is InChI=1S/C23H28ClNO6/c1-3-18(25-30-2)14-6-4-13(5-7-14)10-16-11-15(8-9-17(16)24)23-22(29)21(28)20(27)19(12-26)31-23/h4-9,11,19-23,26-29H,3,10,12H2,1-2H3/b25-18+/t19-,20-,21+,22-,23+/m1/s1. The Morgan fingerprint density at radius 2 is 1.77 bits per heavy atom. The van der Waals surface area contributed by atoms with Gasteiger partial charge in [0, 0.05) is 5.02 Å². The van der Waals surface area contributed by atoms with Crippen molar-refractivity contribution in [2.75, 3.05) is 13.7 Å². The van der Waals surface area contributed by atoms with Gasteiger partial charge in [-0.05, 0) is 41.2 Å². The minimum absolute atomic E-state index is 0.472. The van der Waals surface area contributed by atoms with E-state index in [2.05, 4.69) is 5.16 Å². The van der Waals surface area contributed by atoms with E-state index in [4.69, 9.17) is 21.2 Å². The lowest BCUT2D eigenvalue weighted by atomic mass is 9.90. The fraction of sp³-hybridized carbons (Fsp3) is 0.435. The van der Waals surface area contributed by atoms with E-state index in [-0.39, 0.29) is 0 Å². The molecule has 0 saturated carbocycles. The molecule has 0 aliphatic carbocycles. The molecule has 0 spiro atoms. The maximum atomic E-state index is 10.4. The van der Waals surface area contributed by atoms with E-state index in [1.165, 1.54) is 7.11 Å². The molecule has 3 rings (SSSR count). The smallest absolute Gasteiger partial charge is 0.113 e. The quantitative estimate of drug-likeness (QED) is 0.381. The van der Waals surface area contributed by atoms with Crippen LogP contribution in [0.15, 0.2) is 47.6 Å². The van der Waals surface area contributed by atoms with E-state index in [0.717, 1.165) is 28.8 Å². The molecule has 7 nitrogen and oxygen atoms in total. The second-order valence-corrected chi connectivity index (χ2v) is 7.96. The third kappa shape index (κ3) is 5.26. The normalized spacial score (nSPS) is 26.7. The van der Waals surface area contributed by atoms with Crippen LogP contribution in [0.5, 0.6) is 0 Å². The highest BCUT2D eigenvalue weighted by molar-refractivity contribution is 6.31. The number of halogens is 1. The van der Waals surface area contributed by atoms with Crippen LogP contribution in [-0.2, 0) is 16.0 Å². The average Bonchev–Trinajstić information content (AvgIpc) is 2.78. The van der Waals surface area contributed by atoms with E-state index in [1.807, 2.05) is 37.3 Å². The van der Waals surface area contributed by atoms with Crippen molar-refractivity contribution in [2.24, 2.45) is 5.16 Å². The predicted octanol–water partition coefficient (Wildman–Crippen LogP) is 2.21. The van der Waals surface area contributed by atoms with Gasteiger partial charge in [0.1, 0.15) is 37.6 Å². The van der Waals surface area contributed by atoms with Crippen molar-refractivity contribution < 1.29 is 30.0 Å². The summed E-state index contributed by atoms with van der Waals surface area (Å²) < 4.78 is 5.66. The zero-order valence-corrected chi connectivity index (χ0v) is 18.2. The molecule has 5 atom stereocenters. The Bertz CT molecular complexity index is 901. The maximum Gasteiger partial charge on any atom is 0.113 e. The summed E-state index contributed by atoms with van der Waals surface area (Å²) in [5, 5.41) is 44.5. The van der Waals surface area contributed by atoms with E-state index in [9.17, 15) is 20.4 Å². The lowest BCUT2D eigenvalue weighted by Crippen LogP contribution is -2.55. The number of aliphatic hydroxyl groups is 4. The zero-order valence-electron chi connectivity index (χ0n) is 17.5. The average molecular weight is 450 g/mol. The molecule has 1 aliphatic heterocycles. The van der Waals surface area contributed by atoms with Crippen LogP contribution in [0.2, 0.25) is 5.02 Å². The van der Waals surface area contributed by atoms with Crippen LogP contribution in [0.4, 0.5) is 0 Å². The van der Waals surface area contributed by atoms with Gasteiger partial charge in [-0.3, -0.25) is 0 Å². The largest absolute Gasteiger partial charge is 0.399 e. The highest BCUT2D eigenvalue weighted by atomic mass is 35.5. The molecule has 0 aromatic heterocycles. The minimum Gasteiger partial charge on any atom is -0.399 e. The van der Waals surface area contributed by atoms with Crippen molar-refractivity contribution in [2.45, 2.75) is 50.3 Å². The van der Waals surface area contributed by atoms with Crippen LogP contribution >= 0.6 is 11.6 Å². The first-order valence-electron chi connectivity index (χ1n) is 10.2. The Kier molecular flexibility index (Phi) is 8.05. The Morgan fingerprint density at radius 1 is 1.06 bits per heavy atom. The Labute approximate surface area is 186 Å². The van der Waals surface area contributed by atoms with Crippen LogP contribution in [-0.4, -0.2) is 64.3 Å². The molecule has 0 radical (unpaired) electrons. The van der Waals surface area contributed by atoms with Crippen LogP contribution in [0.1, 0.15) is 41.7 Å². The fourth-order valence-electron chi connectivity index (χ4n) is 3.75. The molecule has 0 unspecified atom stereocenters. The van der Waals surface area contributed by atoms with Crippen LogP contribution in [0.25, 0.3) is 0 Å². The van der Waals surface area contributed by atoms with Gasteiger partial charge in [-0.1, -0.05) is 60.1 Å². The highest BCUT2D eigenvalue weighted by Crippen LogP contribution is 2.34. The van der Waals surface area contributed by atoms with Gasteiger partial charge >= 0.3 is 0 Å². The Morgan fingerprint density at radius 3 is 2.39 bits per heavy atom. The molecule has 4 N–H and O–H groups in total. The predicted molar refractivity (Wildman–Crippen MR) is 117 cm³/mol. The number of aliphatic hydroxyl groups excluding tert-OH is 4. The summed E-state index contributed by atoms with van der Waals surface area (Å²) in [6.07, 6.45) is -4.71. The van der Waals surface area contributed by atoms with Crippen molar-refractivity contribution in [3.8, 4) is 0 Å². The summed E-state index contributed by atoms with van der Waals surface area (Å²) in [4.78, 5) is 4.89. The third-order valence-electron chi connectivity index (χ3n) is 5.51. The molecule has 2 aromatic carbocycles. The number of nitrogens with zero attached hydrogens (tertiary/aromatic N) is 1. The van der Waals surface area contributed by atoms with Crippen molar-refractivity contribution in [1.29, 1.82) is 0 Å². The molecular formula is C23H28ClNO6. The fourth-order valence-corrected chi connectivity index (χ4v) is 3.94. The molecule has 31 heavy (non-hydrogen) atoms. The number of hydrogen-bond acceptors (Lipinski definition) is 7. The SMILES string of the molecule is CC/C(=N\OC)c1ccc(Cc2cc([C@@H]3O[C@H](CO)[C@@H](O)[C@H](O)[C@H]3O)ccc2Cl)cc1. The highest BCUT2D eigenvalue weighted by Gasteiger charge is 2.44. The zero-order chi connectivity index (χ0) is 22.5. The second-order valence-electron chi connectivity index (χ2n) is 7.55. The second kappa shape index (κ2) is 10.5. The molecule has 1 fully saturated rings. The first-order valence-corrected chi connectivity index (χ1v) is 10.6. The molecule has 1 heterocycles. The van der Waals surface area contributed by atoms with Gasteiger partial charge in [0.25, 0.3) is 0 Å². The molecule has 1 saturated heterocycles. The number of oxime groups is 1. The van der Waals surface area contributed by atoms with Gasteiger partial charge in [-0.25, -0.2) is 0 Å². The summed E-state index contributed by atoms with van der Waals surface area (Å²) in [5.74, 6) is 0. The summed E-state index contributed by atoms with van der Waals surface area (Å²) in [7, 11) is 1.52. The van der Waals surface area contributed by atoms with Crippen molar-refractivity contribution >= 4 is 17.3 Å². The van der Waals surface area contributed by atoms with Crippen molar-refractivity contribution in [3.05, 3.63) is 69.7 Å². The molecular weight excluding hydrogens is 422 g/mol. The van der Waals surface area contributed by atoms with Gasteiger partial charge in [0.05, 0.1) is 12.3 Å². The number of benzene rings is 2. The number of rotatable bonds is 7. The van der Waals surface area contributed by atoms with Gasteiger partial charge < -0.3 is 30.0 Å². The Balaban J connectivity index is 1.82. The van der Waals surface area contributed by atoms with Crippen LogP contribution in [0, 0.1) is 0 Å². The minimum atomic E-state index is -1.43.